The number of benzene rings is 3. The summed E-state index contributed by atoms with van der Waals surface area (Å²) >= 11 is 5.78. The first-order valence-corrected chi connectivity index (χ1v) is 18.1. The van der Waals surface area contributed by atoms with Crippen LogP contribution < -0.4 is 5.32 Å². The van der Waals surface area contributed by atoms with Gasteiger partial charge in [0.2, 0.25) is 5.88 Å². The Balaban J connectivity index is 0.000000239. The number of ether oxygens (including phenoxy) is 2. The molecule has 13 heteroatoms. The van der Waals surface area contributed by atoms with Crippen LogP contribution in [0.5, 0.6) is 0 Å². The number of ketones is 1. The van der Waals surface area contributed by atoms with Gasteiger partial charge >= 0.3 is 0 Å². The number of aldehydes is 1. The van der Waals surface area contributed by atoms with Crippen LogP contribution >= 0.6 is 11.6 Å². The summed E-state index contributed by atoms with van der Waals surface area (Å²) in [7, 11) is 1.91. The van der Waals surface area contributed by atoms with E-state index in [2.05, 4.69) is 62.3 Å². The summed E-state index contributed by atoms with van der Waals surface area (Å²) in [6, 6.07) is 15.7. The number of Topliss-reactive ketones (excluding diaryl/α,β-unsaturated/α-hetero) is 1. The quantitative estimate of drug-likeness (QED) is 0.0288. The Hall–Kier alpha value is -5.43. The first kappa shape index (κ1) is 39.8. The minimum atomic E-state index is -0.405. The first-order chi connectivity index (χ1) is 26.1. The van der Waals surface area contributed by atoms with E-state index in [9.17, 15) is 14.0 Å². The molecule has 3 N–H and O–H groups in total. The van der Waals surface area contributed by atoms with Crippen molar-refractivity contribution in [1.82, 2.24) is 25.1 Å². The van der Waals surface area contributed by atoms with Crippen molar-refractivity contribution in [3.63, 3.8) is 0 Å². The lowest BCUT2D eigenvalue weighted by molar-refractivity contribution is -0.0375. The maximum atomic E-state index is 13.9. The van der Waals surface area contributed by atoms with Crippen molar-refractivity contribution in [3.05, 3.63) is 124 Å². The fourth-order valence-corrected chi connectivity index (χ4v) is 5.78. The number of aromatic nitrogens is 4. The summed E-state index contributed by atoms with van der Waals surface area (Å²) in [4.78, 5) is 36.1. The molecule has 4 heterocycles. The molecular formula is C41H45ClFN7O4. The van der Waals surface area contributed by atoms with Crippen LogP contribution in [-0.4, -0.2) is 76.7 Å². The van der Waals surface area contributed by atoms with Crippen molar-refractivity contribution in [2.45, 2.75) is 52.4 Å². The van der Waals surface area contributed by atoms with Crippen LogP contribution in [-0.2, 0) is 22.6 Å². The second-order valence-electron chi connectivity index (χ2n) is 12.9. The number of aliphatic imine (C=N–C) groups is 1. The van der Waals surface area contributed by atoms with Gasteiger partial charge in [0.15, 0.2) is 5.78 Å². The number of hydrogen-bond acceptors (Lipinski definition) is 9. The third kappa shape index (κ3) is 11.3. The average Bonchev–Trinajstić information content (AvgIpc) is 3.78. The molecule has 0 spiro atoms. The van der Waals surface area contributed by atoms with Gasteiger partial charge in [-0.1, -0.05) is 41.5 Å². The largest absolute Gasteiger partial charge is 0.473 e. The number of aromatic amines is 2. The van der Waals surface area contributed by atoms with Crippen LogP contribution in [0, 0.1) is 5.82 Å². The van der Waals surface area contributed by atoms with Gasteiger partial charge < -0.3 is 19.8 Å². The lowest BCUT2D eigenvalue weighted by Gasteiger charge is -2.25. The van der Waals surface area contributed by atoms with Crippen molar-refractivity contribution in [3.8, 4) is 0 Å². The van der Waals surface area contributed by atoms with Gasteiger partial charge in [-0.05, 0) is 87.5 Å². The lowest BCUT2D eigenvalue weighted by atomic mass is 10.0. The van der Waals surface area contributed by atoms with Gasteiger partial charge in [0, 0.05) is 60.9 Å². The number of carbonyl (C=O) groups excluding carboxylic acids is 2. The van der Waals surface area contributed by atoms with Crippen LogP contribution in [0.25, 0.3) is 21.9 Å². The molecule has 5 aromatic rings. The number of carbonyl (C=O) groups is 2. The molecule has 0 aliphatic carbocycles. The Morgan fingerprint density at radius 3 is 2.67 bits per heavy atom. The maximum absolute atomic E-state index is 13.9. The number of allylic oxidation sites excluding steroid dienone is 3. The number of halogens is 2. The highest BCUT2D eigenvalue weighted by Gasteiger charge is 2.14. The molecule has 2 aromatic heterocycles. The third-order valence-corrected chi connectivity index (χ3v) is 9.10. The Bertz CT molecular complexity index is 2170. The summed E-state index contributed by atoms with van der Waals surface area (Å²) in [6.45, 7) is 10.8. The normalized spacial score (nSPS) is 15.8. The fraction of sp³-hybridized carbons (Fsp3) is 0.293. The van der Waals surface area contributed by atoms with Crippen molar-refractivity contribution in [1.29, 1.82) is 0 Å². The minimum absolute atomic E-state index is 0.0601. The van der Waals surface area contributed by atoms with Crippen molar-refractivity contribution in [2.24, 2.45) is 4.99 Å². The molecule has 54 heavy (non-hydrogen) atoms. The molecule has 0 amide bonds. The number of rotatable bonds is 12. The Morgan fingerprint density at radius 1 is 1.20 bits per heavy atom. The topological polar surface area (TPSA) is 138 Å². The van der Waals surface area contributed by atoms with Gasteiger partial charge in [-0.15, -0.1) is 0 Å². The number of imidazole rings is 1. The van der Waals surface area contributed by atoms with E-state index in [1.165, 1.54) is 25.0 Å². The molecule has 3 aromatic carbocycles. The Labute approximate surface area is 319 Å². The molecule has 7 rings (SSSR count). The van der Waals surface area contributed by atoms with E-state index < -0.39 is 5.82 Å². The number of anilines is 1. The van der Waals surface area contributed by atoms with Crippen molar-refractivity contribution < 1.29 is 23.5 Å². The average molecular weight is 754 g/mol. The van der Waals surface area contributed by atoms with Crippen LogP contribution in [0.4, 0.5) is 10.1 Å². The molecule has 1 atom stereocenters. The predicted molar refractivity (Wildman–Crippen MR) is 213 cm³/mol. The smallest absolute Gasteiger partial charge is 0.212 e. The molecular weight excluding hydrogens is 709 g/mol. The molecule has 11 nitrogen and oxygen atoms in total. The lowest BCUT2D eigenvalue weighted by Crippen LogP contribution is -2.28. The van der Waals surface area contributed by atoms with Crippen LogP contribution in [0.2, 0.25) is 5.02 Å². The van der Waals surface area contributed by atoms with Gasteiger partial charge in [0.05, 0.1) is 29.2 Å². The number of nitrogens with one attached hydrogen (secondary N) is 3. The molecule has 0 bridgehead atoms. The van der Waals surface area contributed by atoms with Gasteiger partial charge in [-0.2, -0.15) is 5.10 Å². The van der Waals surface area contributed by atoms with Gasteiger partial charge in [-0.25, -0.2) is 14.4 Å². The zero-order valence-electron chi connectivity index (χ0n) is 30.7. The van der Waals surface area contributed by atoms with E-state index in [1.807, 2.05) is 25.3 Å². The molecule has 1 saturated heterocycles. The van der Waals surface area contributed by atoms with E-state index in [-0.39, 0.29) is 12.4 Å². The van der Waals surface area contributed by atoms with Crippen LogP contribution in [0.1, 0.15) is 65.3 Å². The first-order valence-electron chi connectivity index (χ1n) is 17.7. The minimum Gasteiger partial charge on any atom is -0.473 e. The monoisotopic (exact) mass is 753 g/mol. The highest BCUT2D eigenvalue weighted by Crippen LogP contribution is 2.21. The van der Waals surface area contributed by atoms with E-state index in [0.29, 0.717) is 39.2 Å². The number of nitrogens with zero attached hydrogens (tertiary/aromatic N) is 4. The highest BCUT2D eigenvalue weighted by molar-refractivity contribution is 6.30. The summed E-state index contributed by atoms with van der Waals surface area (Å²) in [5.74, 6) is 0.808. The van der Waals surface area contributed by atoms with Crippen molar-refractivity contribution in [2.75, 3.05) is 32.1 Å². The summed E-state index contributed by atoms with van der Waals surface area (Å²) in [5, 5.41) is 10.8. The second-order valence-corrected chi connectivity index (χ2v) is 13.3. The maximum Gasteiger partial charge on any atom is 0.212 e. The summed E-state index contributed by atoms with van der Waals surface area (Å²) in [5.41, 5.74) is 6.60. The van der Waals surface area contributed by atoms with Gasteiger partial charge in [-0.3, -0.25) is 19.6 Å². The zero-order valence-corrected chi connectivity index (χ0v) is 31.5. The van der Waals surface area contributed by atoms with Gasteiger partial charge in [0.1, 0.15) is 30.2 Å². The molecule has 0 saturated carbocycles. The predicted octanol–water partition coefficient (Wildman–Crippen LogP) is 8.61. The number of H-pyrrole nitrogens is 2. The van der Waals surface area contributed by atoms with Gasteiger partial charge in [0.25, 0.3) is 0 Å². The molecule has 2 aliphatic heterocycles. The molecule has 1 fully saturated rings. The highest BCUT2D eigenvalue weighted by atomic mass is 35.5. The number of hydrogen-bond donors (Lipinski definition) is 3. The molecule has 0 unspecified atom stereocenters. The van der Waals surface area contributed by atoms with E-state index >= 15 is 0 Å². The third-order valence-electron chi connectivity index (χ3n) is 8.86. The van der Waals surface area contributed by atoms with Crippen LogP contribution in [0.3, 0.4) is 0 Å². The Kier molecular flexibility index (Phi) is 14.4. The molecule has 282 valence electrons. The molecule has 0 radical (unpaired) electrons. The number of fused-ring (bicyclic) bond motifs is 2. The fourth-order valence-electron chi connectivity index (χ4n) is 5.62. The van der Waals surface area contributed by atoms with E-state index in [0.717, 1.165) is 73.4 Å². The molecule has 2 aliphatic rings. The van der Waals surface area contributed by atoms with Crippen molar-refractivity contribution >= 4 is 58.0 Å². The summed E-state index contributed by atoms with van der Waals surface area (Å²) < 4.78 is 24.4. The SMILES string of the molecule is C=N/C(=C\C=C/CC1=CCN(Cc2nc3ccc(NC)cc3[nH]2)CC1)OCc1ccc(Cl)cc1F.CC(=O)c1n[nH]c2ccc(C=O)cc12.C[C@@H]1CCO1. The summed E-state index contributed by atoms with van der Waals surface area (Å²) in [6.07, 6.45) is 12.4. The van der Waals surface area contributed by atoms with Crippen LogP contribution in [0.15, 0.2) is 95.3 Å². The van der Waals surface area contributed by atoms with E-state index in [4.69, 9.17) is 26.1 Å². The zero-order chi connectivity index (χ0) is 38.5. The Morgan fingerprint density at radius 2 is 2.02 bits per heavy atom. The second kappa shape index (κ2) is 19.6. The van der Waals surface area contributed by atoms with E-state index in [1.54, 1.807) is 36.4 Å². The standard InChI is InChI=1S/C27H29ClFN5O.C10H8N2O2.C4H8O/c1-30-22-9-10-24-25(16-22)33-26(32-24)17-34-13-11-19(12-14-34)5-3-4-6-27(31-2)35-18-20-7-8-21(28)15-23(20)29;1-6(14)10-8-4-7(5-13)2-3-9(8)11-12-10;1-4-2-3-5-4/h3-4,6-11,15-16,30H,2,5,12-14,17-18H2,1H3,(H,32,33);2-5H,1H3,(H,11,12);4H,2-3H2,1H3/b4-3-,27-6+;;/t;;4-/m..1/s1.